The summed E-state index contributed by atoms with van der Waals surface area (Å²) >= 11 is 0. The molecule has 5 nitrogen and oxygen atoms in total. The van der Waals surface area contributed by atoms with Crippen LogP contribution in [0.2, 0.25) is 0 Å². The van der Waals surface area contributed by atoms with Gasteiger partial charge in [-0.15, -0.1) is 0 Å². The molecule has 0 spiro atoms. The van der Waals surface area contributed by atoms with Gasteiger partial charge in [-0.05, 0) is 49.5 Å². The normalized spacial score (nSPS) is 21.4. The topological polar surface area (TPSA) is 39.7 Å². The largest absolute Gasteiger partial charge is 0.339 e. The Morgan fingerprint density at radius 1 is 1.04 bits per heavy atom. The van der Waals surface area contributed by atoms with E-state index in [0.717, 1.165) is 45.8 Å². The number of hydrogen-bond donors (Lipinski definition) is 0. The number of carbonyl (C=O) groups excluding carboxylic acids is 1. The van der Waals surface area contributed by atoms with Gasteiger partial charge in [0.05, 0.1) is 6.04 Å². The molecule has 2 aliphatic heterocycles. The average molecular weight is 330 g/mol. The van der Waals surface area contributed by atoms with Gasteiger partial charge in [0, 0.05) is 45.1 Å². The highest BCUT2D eigenvalue weighted by Crippen LogP contribution is 2.20. The van der Waals surface area contributed by atoms with Gasteiger partial charge in [0.1, 0.15) is 0 Å². The number of pyridine rings is 1. The molecule has 2 aliphatic rings. The SMILES string of the molecule is CC(C)[C@@H](C(=O)N1CCN(Cc2ccncc2)CC1)N1CCCC1. The van der Waals surface area contributed by atoms with Crippen molar-refractivity contribution >= 4 is 5.91 Å². The zero-order valence-electron chi connectivity index (χ0n) is 15.0. The Labute approximate surface area is 145 Å². The number of amides is 1. The van der Waals surface area contributed by atoms with Crippen LogP contribution < -0.4 is 0 Å². The summed E-state index contributed by atoms with van der Waals surface area (Å²) in [5.74, 6) is 0.723. The molecule has 0 radical (unpaired) electrons. The van der Waals surface area contributed by atoms with Gasteiger partial charge in [-0.3, -0.25) is 19.6 Å². The summed E-state index contributed by atoms with van der Waals surface area (Å²) in [5.41, 5.74) is 1.29. The van der Waals surface area contributed by atoms with Gasteiger partial charge in [0.2, 0.25) is 5.91 Å². The van der Waals surface area contributed by atoms with E-state index in [0.29, 0.717) is 11.8 Å². The molecule has 3 heterocycles. The second-order valence-corrected chi connectivity index (χ2v) is 7.39. The van der Waals surface area contributed by atoms with Crippen LogP contribution in [-0.4, -0.2) is 70.9 Å². The number of nitrogens with zero attached hydrogens (tertiary/aromatic N) is 4. The van der Waals surface area contributed by atoms with E-state index in [1.807, 2.05) is 12.4 Å². The van der Waals surface area contributed by atoms with Gasteiger partial charge in [-0.1, -0.05) is 13.8 Å². The molecule has 1 atom stereocenters. The van der Waals surface area contributed by atoms with Crippen molar-refractivity contribution in [2.45, 2.75) is 39.3 Å². The van der Waals surface area contributed by atoms with E-state index in [4.69, 9.17) is 0 Å². The second-order valence-electron chi connectivity index (χ2n) is 7.39. The smallest absolute Gasteiger partial charge is 0.240 e. The van der Waals surface area contributed by atoms with Crippen LogP contribution in [0.3, 0.4) is 0 Å². The lowest BCUT2D eigenvalue weighted by Crippen LogP contribution is -2.55. The fourth-order valence-corrected chi connectivity index (χ4v) is 3.94. The minimum absolute atomic E-state index is 0.0687. The van der Waals surface area contributed by atoms with Crippen molar-refractivity contribution in [3.8, 4) is 0 Å². The first-order valence-electron chi connectivity index (χ1n) is 9.29. The van der Waals surface area contributed by atoms with Crippen molar-refractivity contribution in [2.75, 3.05) is 39.3 Å². The summed E-state index contributed by atoms with van der Waals surface area (Å²) in [6.07, 6.45) is 6.16. The molecule has 1 aromatic heterocycles. The van der Waals surface area contributed by atoms with Gasteiger partial charge in [0.25, 0.3) is 0 Å². The third kappa shape index (κ3) is 4.14. The molecule has 5 heteroatoms. The first-order chi connectivity index (χ1) is 11.6. The first kappa shape index (κ1) is 17.4. The lowest BCUT2D eigenvalue weighted by Gasteiger charge is -2.39. The Kier molecular flexibility index (Phi) is 5.85. The number of carbonyl (C=O) groups is 1. The van der Waals surface area contributed by atoms with E-state index in [2.05, 4.69) is 45.7 Å². The van der Waals surface area contributed by atoms with Crippen molar-refractivity contribution in [1.29, 1.82) is 0 Å². The molecule has 0 N–H and O–H groups in total. The van der Waals surface area contributed by atoms with E-state index < -0.39 is 0 Å². The molecule has 3 rings (SSSR count). The summed E-state index contributed by atoms with van der Waals surface area (Å²) in [7, 11) is 0. The number of likely N-dealkylation sites (tertiary alicyclic amines) is 1. The minimum Gasteiger partial charge on any atom is -0.339 e. The van der Waals surface area contributed by atoms with Crippen LogP contribution in [0.5, 0.6) is 0 Å². The molecule has 2 saturated heterocycles. The molecule has 1 aromatic rings. The summed E-state index contributed by atoms with van der Waals surface area (Å²) in [5, 5.41) is 0. The molecule has 132 valence electrons. The maximum absolute atomic E-state index is 13.0. The zero-order valence-corrected chi connectivity index (χ0v) is 15.0. The Bertz CT molecular complexity index is 519. The van der Waals surface area contributed by atoms with Gasteiger partial charge < -0.3 is 4.90 Å². The highest BCUT2D eigenvalue weighted by Gasteiger charge is 2.34. The van der Waals surface area contributed by atoms with E-state index in [1.54, 1.807) is 0 Å². The molecule has 24 heavy (non-hydrogen) atoms. The monoisotopic (exact) mass is 330 g/mol. The summed E-state index contributed by atoms with van der Waals surface area (Å²) in [6, 6.07) is 4.21. The van der Waals surface area contributed by atoms with E-state index in [9.17, 15) is 4.79 Å². The first-order valence-corrected chi connectivity index (χ1v) is 9.29. The van der Waals surface area contributed by atoms with Crippen LogP contribution in [0.25, 0.3) is 0 Å². The predicted molar refractivity (Wildman–Crippen MR) is 95.5 cm³/mol. The maximum Gasteiger partial charge on any atom is 0.240 e. The molecule has 2 fully saturated rings. The average Bonchev–Trinajstić information content (AvgIpc) is 3.10. The molecule has 0 saturated carbocycles. The van der Waals surface area contributed by atoms with Crippen molar-refractivity contribution in [3.63, 3.8) is 0 Å². The van der Waals surface area contributed by atoms with Crippen LogP contribution in [0.15, 0.2) is 24.5 Å². The summed E-state index contributed by atoms with van der Waals surface area (Å²) < 4.78 is 0. The molecule has 0 unspecified atom stereocenters. The van der Waals surface area contributed by atoms with Gasteiger partial charge in [-0.25, -0.2) is 0 Å². The highest BCUT2D eigenvalue weighted by molar-refractivity contribution is 5.82. The molecular formula is C19H30N4O. The maximum atomic E-state index is 13.0. The molecule has 0 aromatic carbocycles. The quantitative estimate of drug-likeness (QED) is 0.826. The van der Waals surface area contributed by atoms with Gasteiger partial charge in [0.15, 0.2) is 0 Å². The number of piperazine rings is 1. The van der Waals surface area contributed by atoms with E-state index in [-0.39, 0.29) is 6.04 Å². The lowest BCUT2D eigenvalue weighted by atomic mass is 10.0. The van der Waals surface area contributed by atoms with Crippen molar-refractivity contribution in [3.05, 3.63) is 30.1 Å². The highest BCUT2D eigenvalue weighted by atomic mass is 16.2. The zero-order chi connectivity index (χ0) is 16.9. The van der Waals surface area contributed by atoms with E-state index >= 15 is 0 Å². The fourth-order valence-electron chi connectivity index (χ4n) is 3.94. The Hall–Kier alpha value is -1.46. The third-order valence-electron chi connectivity index (χ3n) is 5.26. The van der Waals surface area contributed by atoms with Crippen molar-refractivity contribution in [1.82, 2.24) is 19.7 Å². The molecule has 0 bridgehead atoms. The Morgan fingerprint density at radius 2 is 1.67 bits per heavy atom. The molecule has 1 amide bonds. The summed E-state index contributed by atoms with van der Waals surface area (Å²) in [6.45, 7) is 11.1. The van der Waals surface area contributed by atoms with Crippen LogP contribution >= 0.6 is 0 Å². The number of aromatic nitrogens is 1. The summed E-state index contributed by atoms with van der Waals surface area (Å²) in [4.78, 5) is 24.0. The lowest BCUT2D eigenvalue weighted by molar-refractivity contribution is -0.140. The standard InChI is InChI=1S/C19H30N4O/c1-16(2)18(22-9-3-4-10-22)19(24)23-13-11-21(12-14-23)15-17-5-7-20-8-6-17/h5-8,16,18H,3-4,9-15H2,1-2H3/t18-/m0/s1. The molecule has 0 aliphatic carbocycles. The molecular weight excluding hydrogens is 300 g/mol. The van der Waals surface area contributed by atoms with Crippen LogP contribution in [0.4, 0.5) is 0 Å². The minimum atomic E-state index is 0.0687. The number of rotatable bonds is 5. The predicted octanol–water partition coefficient (Wildman–Crippen LogP) is 1.85. The van der Waals surface area contributed by atoms with Gasteiger partial charge >= 0.3 is 0 Å². The van der Waals surface area contributed by atoms with Crippen LogP contribution in [-0.2, 0) is 11.3 Å². The Balaban J connectivity index is 1.54. The second kappa shape index (κ2) is 8.08. The van der Waals surface area contributed by atoms with E-state index in [1.165, 1.54) is 18.4 Å². The van der Waals surface area contributed by atoms with Crippen molar-refractivity contribution < 1.29 is 4.79 Å². The number of hydrogen-bond acceptors (Lipinski definition) is 4. The van der Waals surface area contributed by atoms with Crippen molar-refractivity contribution in [2.24, 2.45) is 5.92 Å². The third-order valence-corrected chi connectivity index (χ3v) is 5.26. The Morgan fingerprint density at radius 3 is 2.25 bits per heavy atom. The van der Waals surface area contributed by atoms with Crippen LogP contribution in [0, 0.1) is 5.92 Å². The van der Waals surface area contributed by atoms with Gasteiger partial charge in [-0.2, -0.15) is 0 Å². The van der Waals surface area contributed by atoms with Crippen LogP contribution in [0.1, 0.15) is 32.3 Å². The fraction of sp³-hybridized carbons (Fsp3) is 0.684.